The first-order chi connectivity index (χ1) is 6.95. The maximum Gasteiger partial charge on any atom is 0.130 e. The van der Waals surface area contributed by atoms with E-state index in [-0.39, 0.29) is 11.9 Å². The van der Waals surface area contributed by atoms with Gasteiger partial charge in [0.2, 0.25) is 0 Å². The zero-order chi connectivity index (χ0) is 11.6. The summed E-state index contributed by atoms with van der Waals surface area (Å²) in [6, 6.07) is 5.11. The van der Waals surface area contributed by atoms with E-state index in [1.165, 1.54) is 6.07 Å². The van der Waals surface area contributed by atoms with E-state index in [9.17, 15) is 4.39 Å². The molecule has 2 nitrogen and oxygen atoms in total. The van der Waals surface area contributed by atoms with Gasteiger partial charge in [0.15, 0.2) is 0 Å². The Labute approximate surface area is 90.9 Å². The molecule has 0 heterocycles. The van der Waals surface area contributed by atoms with Crippen LogP contribution in [0.1, 0.15) is 32.4 Å². The van der Waals surface area contributed by atoms with Crippen LogP contribution in [-0.2, 0) is 0 Å². The number of benzene rings is 1. The molecule has 0 aromatic heterocycles. The summed E-state index contributed by atoms with van der Waals surface area (Å²) in [5.41, 5.74) is 7.25. The van der Waals surface area contributed by atoms with Gasteiger partial charge in [0, 0.05) is 30.4 Å². The lowest BCUT2D eigenvalue weighted by molar-refractivity contribution is 0.590. The smallest absolute Gasteiger partial charge is 0.130 e. The van der Waals surface area contributed by atoms with Crippen molar-refractivity contribution in [1.82, 2.24) is 0 Å². The van der Waals surface area contributed by atoms with Crippen molar-refractivity contribution in [2.45, 2.75) is 32.9 Å². The second kappa shape index (κ2) is 4.62. The highest BCUT2D eigenvalue weighted by atomic mass is 19.1. The number of halogens is 1. The van der Waals surface area contributed by atoms with Crippen LogP contribution in [0, 0.1) is 5.82 Å². The van der Waals surface area contributed by atoms with Crippen LogP contribution in [0.15, 0.2) is 18.2 Å². The highest BCUT2D eigenvalue weighted by Gasteiger charge is 2.16. The topological polar surface area (TPSA) is 29.3 Å². The molecule has 1 atom stereocenters. The first-order valence-electron chi connectivity index (χ1n) is 5.22. The Bertz CT molecular complexity index is 334. The van der Waals surface area contributed by atoms with Crippen molar-refractivity contribution in [3.8, 4) is 0 Å². The quantitative estimate of drug-likeness (QED) is 0.831. The average molecular weight is 210 g/mol. The molecule has 0 bridgehead atoms. The number of rotatable bonds is 3. The summed E-state index contributed by atoms with van der Waals surface area (Å²) < 4.78 is 13.6. The van der Waals surface area contributed by atoms with Gasteiger partial charge in [0.1, 0.15) is 5.82 Å². The standard InChI is InChI=1S/C12H19FN2/c1-8(2)15(4)11-7-5-6-10(13)12(11)9(3)14/h5-9H,14H2,1-4H3/t9-/m0/s1. The minimum absolute atomic E-state index is 0.227. The summed E-state index contributed by atoms with van der Waals surface area (Å²) in [5, 5.41) is 0. The van der Waals surface area contributed by atoms with Gasteiger partial charge < -0.3 is 10.6 Å². The fraction of sp³-hybridized carbons (Fsp3) is 0.500. The van der Waals surface area contributed by atoms with E-state index in [0.717, 1.165) is 5.69 Å². The second-order valence-corrected chi connectivity index (χ2v) is 4.17. The molecule has 84 valence electrons. The average Bonchev–Trinajstić information content (AvgIpc) is 2.15. The van der Waals surface area contributed by atoms with Crippen molar-refractivity contribution in [3.05, 3.63) is 29.6 Å². The normalized spacial score (nSPS) is 13.0. The van der Waals surface area contributed by atoms with Crippen LogP contribution in [0.3, 0.4) is 0 Å². The molecule has 0 aliphatic heterocycles. The summed E-state index contributed by atoms with van der Waals surface area (Å²) in [7, 11) is 1.95. The van der Waals surface area contributed by atoms with Gasteiger partial charge in [0.25, 0.3) is 0 Å². The summed E-state index contributed by atoms with van der Waals surface area (Å²) in [6.45, 7) is 5.93. The molecule has 0 aliphatic rings. The van der Waals surface area contributed by atoms with Crippen molar-refractivity contribution in [3.63, 3.8) is 0 Å². The van der Waals surface area contributed by atoms with Crippen molar-refractivity contribution in [1.29, 1.82) is 0 Å². The Balaban J connectivity index is 3.22. The Hall–Kier alpha value is -1.09. The Morgan fingerprint density at radius 2 is 1.87 bits per heavy atom. The molecule has 1 aromatic rings. The predicted octanol–water partition coefficient (Wildman–Crippen LogP) is 2.69. The molecule has 0 radical (unpaired) electrons. The molecule has 0 aliphatic carbocycles. The third-order valence-electron chi connectivity index (χ3n) is 2.64. The Morgan fingerprint density at radius 1 is 1.27 bits per heavy atom. The van der Waals surface area contributed by atoms with Crippen molar-refractivity contribution in [2.75, 3.05) is 11.9 Å². The van der Waals surface area contributed by atoms with E-state index in [4.69, 9.17) is 5.73 Å². The minimum atomic E-state index is -0.289. The van der Waals surface area contributed by atoms with Crippen LogP contribution in [0.4, 0.5) is 10.1 Å². The van der Waals surface area contributed by atoms with Gasteiger partial charge in [-0.2, -0.15) is 0 Å². The largest absolute Gasteiger partial charge is 0.372 e. The number of hydrogen-bond acceptors (Lipinski definition) is 2. The van der Waals surface area contributed by atoms with Gasteiger partial charge in [-0.05, 0) is 32.9 Å². The maximum atomic E-state index is 13.6. The lowest BCUT2D eigenvalue weighted by Crippen LogP contribution is -2.28. The molecular weight excluding hydrogens is 191 g/mol. The van der Waals surface area contributed by atoms with Crippen molar-refractivity contribution < 1.29 is 4.39 Å². The molecule has 0 spiro atoms. The summed E-state index contributed by atoms with van der Waals surface area (Å²) in [6.07, 6.45) is 0. The monoisotopic (exact) mass is 210 g/mol. The zero-order valence-corrected chi connectivity index (χ0v) is 9.79. The van der Waals surface area contributed by atoms with Gasteiger partial charge >= 0.3 is 0 Å². The van der Waals surface area contributed by atoms with E-state index in [1.54, 1.807) is 13.0 Å². The summed E-state index contributed by atoms with van der Waals surface area (Å²) in [4.78, 5) is 2.03. The zero-order valence-electron chi connectivity index (χ0n) is 9.79. The first-order valence-corrected chi connectivity index (χ1v) is 5.22. The van der Waals surface area contributed by atoms with E-state index in [2.05, 4.69) is 13.8 Å². The minimum Gasteiger partial charge on any atom is -0.372 e. The summed E-state index contributed by atoms with van der Waals surface area (Å²) in [5.74, 6) is -0.227. The number of nitrogens with two attached hydrogens (primary N) is 1. The molecule has 0 amide bonds. The molecule has 15 heavy (non-hydrogen) atoms. The predicted molar refractivity (Wildman–Crippen MR) is 62.5 cm³/mol. The Kier molecular flexibility index (Phi) is 3.69. The molecule has 1 aromatic carbocycles. The fourth-order valence-electron chi connectivity index (χ4n) is 1.56. The molecule has 0 saturated carbocycles. The molecule has 0 unspecified atom stereocenters. The lowest BCUT2D eigenvalue weighted by Gasteiger charge is -2.27. The van der Waals surface area contributed by atoms with Gasteiger partial charge in [-0.1, -0.05) is 6.07 Å². The SMILES string of the molecule is CC(C)N(C)c1cccc(F)c1[C@H](C)N. The van der Waals surface area contributed by atoms with Crippen molar-refractivity contribution in [2.24, 2.45) is 5.73 Å². The third kappa shape index (κ3) is 2.48. The van der Waals surface area contributed by atoms with Crippen molar-refractivity contribution >= 4 is 5.69 Å². The molecule has 1 rings (SSSR count). The van der Waals surface area contributed by atoms with Crippen LogP contribution in [0.25, 0.3) is 0 Å². The van der Waals surface area contributed by atoms with Gasteiger partial charge in [-0.3, -0.25) is 0 Å². The van der Waals surface area contributed by atoms with E-state index >= 15 is 0 Å². The number of hydrogen-bond donors (Lipinski definition) is 1. The molecule has 0 fully saturated rings. The van der Waals surface area contributed by atoms with Crippen LogP contribution >= 0.6 is 0 Å². The molecule has 3 heteroatoms. The highest BCUT2D eigenvalue weighted by Crippen LogP contribution is 2.28. The van der Waals surface area contributed by atoms with E-state index < -0.39 is 0 Å². The molecular formula is C12H19FN2. The number of nitrogens with zero attached hydrogens (tertiary/aromatic N) is 1. The van der Waals surface area contributed by atoms with E-state index in [0.29, 0.717) is 11.6 Å². The molecule has 2 N–H and O–H groups in total. The maximum absolute atomic E-state index is 13.6. The lowest BCUT2D eigenvalue weighted by atomic mass is 10.0. The Morgan fingerprint density at radius 3 is 2.33 bits per heavy atom. The van der Waals surface area contributed by atoms with Gasteiger partial charge in [0.05, 0.1) is 0 Å². The van der Waals surface area contributed by atoms with Crippen LogP contribution < -0.4 is 10.6 Å². The van der Waals surface area contributed by atoms with Gasteiger partial charge in [-0.25, -0.2) is 4.39 Å². The fourth-order valence-corrected chi connectivity index (χ4v) is 1.56. The third-order valence-corrected chi connectivity index (χ3v) is 2.64. The molecule has 0 saturated heterocycles. The highest BCUT2D eigenvalue weighted by molar-refractivity contribution is 5.55. The number of anilines is 1. The van der Waals surface area contributed by atoms with E-state index in [1.807, 2.05) is 18.0 Å². The van der Waals surface area contributed by atoms with Crippen LogP contribution in [0.5, 0.6) is 0 Å². The first kappa shape index (κ1) is 12.0. The van der Waals surface area contributed by atoms with Gasteiger partial charge in [-0.15, -0.1) is 0 Å². The van der Waals surface area contributed by atoms with Crippen LogP contribution in [0.2, 0.25) is 0 Å². The van der Waals surface area contributed by atoms with Crippen LogP contribution in [-0.4, -0.2) is 13.1 Å². The summed E-state index contributed by atoms with van der Waals surface area (Å²) >= 11 is 0. The second-order valence-electron chi connectivity index (χ2n) is 4.17.